The van der Waals surface area contributed by atoms with E-state index in [1.807, 2.05) is 30.3 Å². The third kappa shape index (κ3) is 6.98. The van der Waals surface area contributed by atoms with E-state index in [1.165, 1.54) is 0 Å². The minimum Gasteiger partial charge on any atom is -0.497 e. The summed E-state index contributed by atoms with van der Waals surface area (Å²) < 4.78 is 5.35. The maximum absolute atomic E-state index is 11.6. The van der Waals surface area contributed by atoms with Gasteiger partial charge in [-0.1, -0.05) is 0 Å². The quantitative estimate of drug-likeness (QED) is 0.361. The van der Waals surface area contributed by atoms with E-state index < -0.39 is 12.1 Å². The van der Waals surface area contributed by atoms with Gasteiger partial charge in [0.05, 0.1) is 18.7 Å². The molecule has 192 valence electrons. The summed E-state index contributed by atoms with van der Waals surface area (Å²) in [6.45, 7) is 2.72. The van der Waals surface area contributed by atoms with Crippen LogP contribution in [0.3, 0.4) is 0 Å². The molecule has 3 heterocycles. The first-order chi connectivity index (χ1) is 17.5. The summed E-state index contributed by atoms with van der Waals surface area (Å²) in [7, 11) is 1.63. The molecule has 0 spiro atoms. The van der Waals surface area contributed by atoms with Gasteiger partial charge in [-0.15, -0.1) is 0 Å². The molecule has 0 unspecified atom stereocenters. The number of aliphatic hydroxyl groups is 1. The van der Waals surface area contributed by atoms with Gasteiger partial charge in [-0.3, -0.25) is 9.78 Å². The van der Waals surface area contributed by atoms with Crippen molar-refractivity contribution in [1.29, 1.82) is 0 Å². The highest BCUT2D eigenvalue weighted by Gasteiger charge is 2.31. The third-order valence-electron chi connectivity index (χ3n) is 7.31. The number of fused-ring (bicyclic) bond motifs is 1. The zero-order valence-corrected chi connectivity index (χ0v) is 20.9. The van der Waals surface area contributed by atoms with Gasteiger partial charge in [0.25, 0.3) is 0 Å². The molecule has 0 bridgehead atoms. The number of piperidine rings is 1. The lowest BCUT2D eigenvalue weighted by atomic mass is 9.79. The molecule has 0 amide bonds. The predicted octanol–water partition coefficient (Wildman–Crippen LogP) is 4.28. The number of carboxylic acid groups (broad SMARTS) is 1. The minimum absolute atomic E-state index is 0.0928. The van der Waals surface area contributed by atoms with Crippen molar-refractivity contribution in [2.24, 2.45) is 11.8 Å². The molecule has 36 heavy (non-hydrogen) atoms. The average Bonchev–Trinajstić information content (AvgIpc) is 2.90. The molecular formula is C28H36N4O4. The summed E-state index contributed by atoms with van der Waals surface area (Å²) in [4.78, 5) is 27.0. The highest BCUT2D eigenvalue weighted by atomic mass is 16.5. The number of carbonyl (C=O) groups is 1. The second kappa shape index (κ2) is 12.7. The van der Waals surface area contributed by atoms with Crippen molar-refractivity contribution in [2.75, 3.05) is 26.7 Å². The van der Waals surface area contributed by atoms with Crippen LogP contribution in [0.15, 0.2) is 48.9 Å². The van der Waals surface area contributed by atoms with E-state index in [2.05, 4.69) is 19.9 Å². The van der Waals surface area contributed by atoms with Crippen LogP contribution in [-0.4, -0.2) is 62.8 Å². The Labute approximate surface area is 212 Å². The maximum Gasteiger partial charge on any atom is 0.303 e. The molecule has 0 saturated carbocycles. The van der Waals surface area contributed by atoms with Crippen LogP contribution in [0.4, 0.5) is 0 Å². The first kappa shape index (κ1) is 26.0. The number of likely N-dealkylation sites (tertiary alicyclic amines) is 1. The summed E-state index contributed by atoms with van der Waals surface area (Å²) in [5.41, 5.74) is 1.66. The van der Waals surface area contributed by atoms with Gasteiger partial charge in [0, 0.05) is 43.4 Å². The number of carboxylic acids is 1. The van der Waals surface area contributed by atoms with E-state index in [9.17, 15) is 15.0 Å². The van der Waals surface area contributed by atoms with Crippen LogP contribution < -0.4 is 4.74 Å². The first-order valence-electron chi connectivity index (χ1n) is 12.8. The highest BCUT2D eigenvalue weighted by Crippen LogP contribution is 2.34. The molecule has 1 aliphatic heterocycles. The summed E-state index contributed by atoms with van der Waals surface area (Å²) in [5, 5.41) is 21.5. The molecule has 2 N–H and O–H groups in total. The Morgan fingerprint density at radius 1 is 1.14 bits per heavy atom. The number of hydrogen-bond donors (Lipinski definition) is 2. The van der Waals surface area contributed by atoms with Crippen LogP contribution in [0, 0.1) is 11.8 Å². The maximum atomic E-state index is 11.6. The number of nitrogens with zero attached hydrogens (tertiary/aromatic N) is 4. The first-order valence-corrected chi connectivity index (χ1v) is 12.8. The van der Waals surface area contributed by atoms with E-state index in [1.54, 1.807) is 25.7 Å². The number of pyridine rings is 1. The van der Waals surface area contributed by atoms with Gasteiger partial charge in [-0.25, -0.2) is 9.97 Å². The number of aliphatic hydroxyl groups excluding tert-OH is 1. The van der Waals surface area contributed by atoms with Crippen LogP contribution >= 0.6 is 0 Å². The van der Waals surface area contributed by atoms with Crippen molar-refractivity contribution in [3.63, 3.8) is 0 Å². The molecule has 1 aliphatic rings. The van der Waals surface area contributed by atoms with Gasteiger partial charge in [-0.05, 0) is 92.9 Å². The molecule has 0 radical (unpaired) electrons. The van der Waals surface area contributed by atoms with Crippen LogP contribution in [0.25, 0.3) is 10.9 Å². The van der Waals surface area contributed by atoms with E-state index in [-0.39, 0.29) is 18.3 Å². The molecule has 1 saturated heterocycles. The molecule has 1 aromatic carbocycles. The normalized spacial score (nSPS) is 19.3. The predicted molar refractivity (Wildman–Crippen MR) is 138 cm³/mol. The molecule has 3 aromatic rings. The standard InChI is InChI=1S/C28H36N4O4/c1-36-22-7-8-25-24(18-22)23(10-14-29-25)26(33)9-6-20-11-16-32(19-21(20)17-28(34)35)15-3-2-5-27-30-12-4-13-31-27/h4,7-8,10,12-14,18,20-21,26,33H,2-3,5-6,9,11,15-17,19H2,1H3,(H,34,35)/t20-,21+,26+/m1/s1. The number of hydrogen-bond acceptors (Lipinski definition) is 7. The number of unbranched alkanes of at least 4 members (excludes halogenated alkanes) is 1. The van der Waals surface area contributed by atoms with Crippen molar-refractivity contribution in [1.82, 2.24) is 19.9 Å². The largest absolute Gasteiger partial charge is 0.497 e. The Balaban J connectivity index is 1.31. The van der Waals surface area contributed by atoms with Crippen molar-refractivity contribution < 1.29 is 19.7 Å². The van der Waals surface area contributed by atoms with E-state index in [0.717, 1.165) is 79.8 Å². The Bertz CT molecular complexity index is 1130. The fourth-order valence-corrected chi connectivity index (χ4v) is 5.36. The summed E-state index contributed by atoms with van der Waals surface area (Å²) in [6, 6.07) is 9.37. The van der Waals surface area contributed by atoms with Gasteiger partial charge in [0.2, 0.25) is 0 Å². The number of methoxy groups -OCH3 is 1. The van der Waals surface area contributed by atoms with Crippen molar-refractivity contribution >= 4 is 16.9 Å². The molecular weight excluding hydrogens is 456 g/mol. The number of aromatic nitrogens is 3. The Morgan fingerprint density at radius 3 is 2.75 bits per heavy atom. The summed E-state index contributed by atoms with van der Waals surface area (Å²) >= 11 is 0. The Kier molecular flexibility index (Phi) is 9.19. The van der Waals surface area contributed by atoms with Crippen LogP contribution in [0.5, 0.6) is 5.75 Å². The van der Waals surface area contributed by atoms with Gasteiger partial charge in [0.1, 0.15) is 11.6 Å². The monoisotopic (exact) mass is 492 g/mol. The number of aryl methyl sites for hydroxylation is 1. The molecule has 3 atom stereocenters. The lowest BCUT2D eigenvalue weighted by molar-refractivity contribution is -0.139. The van der Waals surface area contributed by atoms with E-state index >= 15 is 0 Å². The molecule has 4 rings (SSSR count). The SMILES string of the molecule is COc1ccc2nccc([C@@H](O)CC[C@@H]3CCN(CCCCc4ncccn4)C[C@@H]3CC(=O)O)c2c1. The van der Waals surface area contributed by atoms with Crippen LogP contribution in [0.2, 0.25) is 0 Å². The number of benzene rings is 1. The third-order valence-corrected chi connectivity index (χ3v) is 7.31. The summed E-state index contributed by atoms with van der Waals surface area (Å²) in [5.74, 6) is 1.23. The van der Waals surface area contributed by atoms with Gasteiger partial charge >= 0.3 is 5.97 Å². The number of ether oxygens (including phenoxy) is 1. The van der Waals surface area contributed by atoms with Crippen molar-refractivity contribution in [2.45, 2.75) is 51.0 Å². The van der Waals surface area contributed by atoms with E-state index in [4.69, 9.17) is 4.74 Å². The topological polar surface area (TPSA) is 109 Å². The Hall–Kier alpha value is -3.10. The number of aliphatic carboxylic acids is 1. The molecule has 8 nitrogen and oxygen atoms in total. The van der Waals surface area contributed by atoms with Gasteiger partial charge < -0.3 is 19.8 Å². The average molecular weight is 493 g/mol. The smallest absolute Gasteiger partial charge is 0.303 e. The molecule has 0 aliphatic carbocycles. The fourth-order valence-electron chi connectivity index (χ4n) is 5.36. The second-order valence-corrected chi connectivity index (χ2v) is 9.71. The highest BCUT2D eigenvalue weighted by molar-refractivity contribution is 5.83. The second-order valence-electron chi connectivity index (χ2n) is 9.71. The van der Waals surface area contributed by atoms with Crippen LogP contribution in [-0.2, 0) is 11.2 Å². The summed E-state index contributed by atoms with van der Waals surface area (Å²) in [6.07, 6.45) is 10.1. The van der Waals surface area contributed by atoms with Crippen molar-refractivity contribution in [3.8, 4) is 5.75 Å². The molecule has 2 aromatic heterocycles. The Morgan fingerprint density at radius 2 is 1.97 bits per heavy atom. The lowest BCUT2D eigenvalue weighted by Gasteiger charge is -2.38. The number of rotatable bonds is 12. The fraction of sp³-hybridized carbons (Fsp3) is 0.500. The molecule has 8 heteroatoms. The van der Waals surface area contributed by atoms with Gasteiger partial charge in [-0.2, -0.15) is 0 Å². The zero-order chi connectivity index (χ0) is 25.3. The van der Waals surface area contributed by atoms with Gasteiger partial charge in [0.15, 0.2) is 0 Å². The zero-order valence-electron chi connectivity index (χ0n) is 20.9. The molecule has 1 fully saturated rings. The van der Waals surface area contributed by atoms with Crippen molar-refractivity contribution in [3.05, 3.63) is 60.3 Å². The van der Waals surface area contributed by atoms with Crippen LogP contribution in [0.1, 0.15) is 56.0 Å². The minimum atomic E-state index is -0.749. The lowest BCUT2D eigenvalue weighted by Crippen LogP contribution is -2.41. The van der Waals surface area contributed by atoms with E-state index in [0.29, 0.717) is 6.42 Å².